The highest BCUT2D eigenvalue weighted by Crippen LogP contribution is 2.29. The Morgan fingerprint density at radius 3 is 1.81 bits per heavy atom. The third kappa shape index (κ3) is 10.1. The Kier molecular flexibility index (Phi) is 13.1. The number of aromatic nitrogens is 8. The maximum absolute atomic E-state index is 10.4. The highest BCUT2D eigenvalue weighted by atomic mass is 19.4. The smallest absolute Gasteiger partial charge is 0.446 e. The second-order valence-electron chi connectivity index (χ2n) is 11.7. The van der Waals surface area contributed by atoms with Crippen molar-refractivity contribution in [3.8, 4) is 0 Å². The molecule has 0 unspecified atom stereocenters. The highest BCUT2D eigenvalue weighted by Gasteiger charge is 2.25. The number of fused-ring (bicyclic) bond motifs is 2. The standard InChI is InChI=1S/C17H18N4O.C16H17N5O.C2HF3O.C2H6/c1-2-5-13(6-3-1)15-11-18-16(21-12-19-20-17(15)21)9-8-14-7-4-10-22-14;1-2-13(22-9-1)3-4-15-18-10-14(12-5-7-17-8-6-12)16-20-19-11-21(15)16;3-2(4,5)1-6;1-2/h4-5,7,10-12H,1-3,6,8-9H2;1-2,5,9-11,17H,3-4,6-8H2;1H;1-2H3/i;;;1D. The summed E-state index contributed by atoms with van der Waals surface area (Å²) >= 11 is 0. The summed E-state index contributed by atoms with van der Waals surface area (Å²) in [5, 5.41) is 20.1. The Balaban J connectivity index is 0.000000167. The number of aryl methyl sites for hydroxylation is 4. The molecule has 0 bridgehead atoms. The van der Waals surface area contributed by atoms with Gasteiger partial charge in [-0.25, -0.2) is 9.97 Å². The zero-order chi connectivity index (χ0) is 37.5. The van der Waals surface area contributed by atoms with Crippen LogP contribution in [0.1, 0.15) is 81.6 Å². The lowest BCUT2D eigenvalue weighted by molar-refractivity contribution is -0.156. The number of nitrogens with zero attached hydrogens (tertiary/aromatic N) is 8. The summed E-state index contributed by atoms with van der Waals surface area (Å²) in [5.74, 6) is 3.86. The third-order valence-corrected chi connectivity index (χ3v) is 8.35. The first-order chi connectivity index (χ1) is 25.8. The summed E-state index contributed by atoms with van der Waals surface area (Å²) in [6.07, 6.45) is 18.6. The molecule has 7 heterocycles. The molecular weight excluding hydrogens is 675 g/mol. The Morgan fingerprint density at radius 2 is 1.38 bits per heavy atom. The molecule has 8 rings (SSSR count). The predicted octanol–water partition coefficient (Wildman–Crippen LogP) is 7.11. The lowest BCUT2D eigenvalue weighted by Crippen LogP contribution is -2.20. The van der Waals surface area contributed by atoms with Crippen LogP contribution in [0.2, 0.25) is 0 Å². The van der Waals surface area contributed by atoms with E-state index in [9.17, 15) is 13.2 Å². The first-order valence-electron chi connectivity index (χ1n) is 17.8. The Hall–Kier alpha value is -5.44. The van der Waals surface area contributed by atoms with Gasteiger partial charge in [0.15, 0.2) is 11.3 Å². The highest BCUT2D eigenvalue weighted by molar-refractivity contribution is 5.76. The van der Waals surface area contributed by atoms with Crippen molar-refractivity contribution in [2.24, 2.45) is 0 Å². The molecule has 0 amide bonds. The summed E-state index contributed by atoms with van der Waals surface area (Å²) in [4.78, 5) is 18.0. The minimum atomic E-state index is -4.64. The van der Waals surface area contributed by atoms with Gasteiger partial charge in [0, 0.05) is 57.1 Å². The number of alkyl halides is 3. The van der Waals surface area contributed by atoms with Crippen molar-refractivity contribution < 1.29 is 28.2 Å². The van der Waals surface area contributed by atoms with Crippen LogP contribution in [0.15, 0.2) is 82.8 Å². The van der Waals surface area contributed by atoms with Crippen LogP contribution in [0.5, 0.6) is 0 Å². The lowest BCUT2D eigenvalue weighted by atomic mass is 9.95. The Bertz CT molecular complexity index is 1930. The van der Waals surface area contributed by atoms with Gasteiger partial charge >= 0.3 is 6.18 Å². The van der Waals surface area contributed by atoms with Gasteiger partial charge in [0.25, 0.3) is 0 Å². The molecule has 6 aromatic heterocycles. The van der Waals surface area contributed by atoms with E-state index < -0.39 is 12.5 Å². The number of carbonyl (C=O) groups is 1. The van der Waals surface area contributed by atoms with E-state index in [1.165, 1.54) is 24.0 Å². The number of furan rings is 2. The van der Waals surface area contributed by atoms with Crippen LogP contribution >= 0.6 is 0 Å². The molecule has 0 fully saturated rings. The minimum absolute atomic E-state index is 0.500. The number of allylic oxidation sites excluding steroid dienone is 2. The zero-order valence-corrected chi connectivity index (χ0v) is 28.9. The van der Waals surface area contributed by atoms with E-state index in [0.29, 0.717) is 6.90 Å². The van der Waals surface area contributed by atoms with Gasteiger partial charge in [0.1, 0.15) is 35.8 Å². The average molecular weight is 719 g/mol. The summed E-state index contributed by atoms with van der Waals surface area (Å²) in [6, 6.07) is 7.79. The van der Waals surface area contributed by atoms with Gasteiger partial charge in [0.2, 0.25) is 6.29 Å². The van der Waals surface area contributed by atoms with E-state index in [0.717, 1.165) is 104 Å². The van der Waals surface area contributed by atoms with Gasteiger partial charge < -0.3 is 14.2 Å². The van der Waals surface area contributed by atoms with Crippen LogP contribution in [0.4, 0.5) is 13.2 Å². The molecule has 12 nitrogen and oxygen atoms in total. The van der Waals surface area contributed by atoms with E-state index in [-0.39, 0.29) is 0 Å². The first kappa shape index (κ1) is 36.4. The fourth-order valence-corrected chi connectivity index (χ4v) is 5.89. The number of nitrogens with one attached hydrogen (secondary N) is 1. The van der Waals surface area contributed by atoms with Crippen molar-refractivity contribution >= 4 is 28.7 Å². The molecule has 0 saturated carbocycles. The quantitative estimate of drug-likeness (QED) is 0.162. The van der Waals surface area contributed by atoms with Crippen molar-refractivity contribution in [1.29, 1.82) is 0 Å². The third-order valence-electron chi connectivity index (χ3n) is 8.35. The van der Waals surface area contributed by atoms with Crippen LogP contribution in [0, 0.1) is 0 Å². The van der Waals surface area contributed by atoms with Crippen molar-refractivity contribution in [3.05, 3.63) is 108 Å². The van der Waals surface area contributed by atoms with Crippen LogP contribution in [0.3, 0.4) is 0 Å². The lowest BCUT2D eigenvalue weighted by Gasteiger charge is -2.15. The molecule has 274 valence electrons. The number of halogens is 3. The maximum atomic E-state index is 10.4. The number of rotatable bonds is 8. The molecule has 52 heavy (non-hydrogen) atoms. The summed E-state index contributed by atoms with van der Waals surface area (Å²) < 4.78 is 52.2. The van der Waals surface area contributed by atoms with Crippen molar-refractivity contribution in [2.75, 3.05) is 13.1 Å². The molecule has 1 aliphatic heterocycles. The van der Waals surface area contributed by atoms with Gasteiger partial charge in [-0.15, -0.1) is 20.4 Å². The fourth-order valence-electron chi connectivity index (χ4n) is 5.89. The molecular formula is C37H42F3N9O3. The fraction of sp³-hybridized carbons (Fsp3) is 0.378. The predicted molar refractivity (Wildman–Crippen MR) is 189 cm³/mol. The Labute approximate surface area is 300 Å². The maximum Gasteiger partial charge on any atom is 0.446 e. The monoisotopic (exact) mass is 718 g/mol. The first-order valence-corrected chi connectivity index (χ1v) is 17.1. The average Bonchev–Trinajstić information content (AvgIpc) is 4.03. The molecule has 0 spiro atoms. The molecule has 0 atom stereocenters. The topological polar surface area (TPSA) is 142 Å². The Morgan fingerprint density at radius 1 is 0.846 bits per heavy atom. The summed E-state index contributed by atoms with van der Waals surface area (Å²) in [5.41, 5.74) is 6.66. The number of hydrogen-bond donors (Lipinski definition) is 1. The van der Waals surface area contributed by atoms with E-state index in [2.05, 4.69) is 47.8 Å². The normalized spacial score (nSPS) is 14.5. The zero-order valence-electron chi connectivity index (χ0n) is 29.9. The number of aldehydes is 1. The summed E-state index contributed by atoms with van der Waals surface area (Å²) in [6.45, 7) is 4.18. The van der Waals surface area contributed by atoms with Gasteiger partial charge in [-0.05, 0) is 74.1 Å². The van der Waals surface area contributed by atoms with Gasteiger partial charge in [-0.3, -0.25) is 13.6 Å². The van der Waals surface area contributed by atoms with Gasteiger partial charge in [0.05, 0.1) is 12.5 Å². The minimum Gasteiger partial charge on any atom is -0.469 e. The van der Waals surface area contributed by atoms with E-state index in [1.54, 1.807) is 32.1 Å². The number of hydrogen-bond acceptors (Lipinski definition) is 10. The molecule has 2 aliphatic rings. The molecule has 0 aromatic carbocycles. The SMILES string of the molecule is C1=C(c2cnc(CCc3ccco3)n3cnnc23)CCCC1.C1=C(c2cnc(CCc3ccco3)n3cnnc23)CCNC1.O=CC(F)(F)F.[2H]CC. The molecule has 0 radical (unpaired) electrons. The van der Waals surface area contributed by atoms with Crippen molar-refractivity contribution in [2.45, 2.75) is 77.8 Å². The van der Waals surface area contributed by atoms with Crippen LogP contribution in [0.25, 0.3) is 22.4 Å². The molecule has 1 aliphatic carbocycles. The molecule has 0 saturated heterocycles. The van der Waals surface area contributed by atoms with Crippen LogP contribution < -0.4 is 5.32 Å². The number of carbonyl (C=O) groups excluding carboxylic acids is 1. The van der Waals surface area contributed by atoms with Crippen molar-refractivity contribution in [1.82, 2.24) is 44.5 Å². The van der Waals surface area contributed by atoms with E-state index in [1.807, 2.05) is 45.5 Å². The second-order valence-corrected chi connectivity index (χ2v) is 11.7. The molecule has 1 N–H and O–H groups in total. The van der Waals surface area contributed by atoms with Crippen molar-refractivity contribution in [3.63, 3.8) is 0 Å². The molecule has 15 heteroatoms. The summed E-state index contributed by atoms with van der Waals surface area (Å²) in [7, 11) is 0. The largest absolute Gasteiger partial charge is 0.469 e. The van der Waals surface area contributed by atoms with Crippen LogP contribution in [-0.4, -0.2) is 64.7 Å². The molecule has 6 aromatic rings. The van der Waals surface area contributed by atoms with Gasteiger partial charge in [-0.1, -0.05) is 26.0 Å². The second kappa shape index (κ2) is 18.7. The van der Waals surface area contributed by atoms with Gasteiger partial charge in [-0.2, -0.15) is 13.2 Å². The van der Waals surface area contributed by atoms with E-state index >= 15 is 0 Å². The van der Waals surface area contributed by atoms with E-state index in [4.69, 9.17) is 15.0 Å². The van der Waals surface area contributed by atoms with Crippen LogP contribution in [-0.2, 0) is 30.5 Å².